The van der Waals surface area contributed by atoms with Gasteiger partial charge in [-0.25, -0.2) is 9.97 Å². The van der Waals surface area contributed by atoms with E-state index in [0.29, 0.717) is 5.25 Å². The van der Waals surface area contributed by atoms with Crippen molar-refractivity contribution in [2.24, 2.45) is 4.99 Å². The number of aliphatic imine (C=N–C) groups is 1. The molecule has 3 heterocycles. The molecule has 27 heavy (non-hydrogen) atoms. The smallest absolute Gasteiger partial charge is 0.225 e. The molecule has 8 heteroatoms. The molecule has 1 atom stereocenters. The van der Waals surface area contributed by atoms with E-state index in [1.165, 1.54) is 18.6 Å². The van der Waals surface area contributed by atoms with Gasteiger partial charge >= 0.3 is 0 Å². The van der Waals surface area contributed by atoms with Crippen molar-refractivity contribution in [3.63, 3.8) is 0 Å². The van der Waals surface area contributed by atoms with Crippen LogP contribution in [0.2, 0.25) is 0 Å². The van der Waals surface area contributed by atoms with Gasteiger partial charge in [-0.05, 0) is 44.6 Å². The summed E-state index contributed by atoms with van der Waals surface area (Å²) in [7, 11) is 0. The summed E-state index contributed by atoms with van der Waals surface area (Å²) in [5, 5.41) is 7.57. The number of hydrogen-bond acceptors (Lipinski definition) is 6. The molecule has 2 saturated heterocycles. The highest BCUT2D eigenvalue weighted by atomic mass is 32.2. The third kappa shape index (κ3) is 6.84. The van der Waals surface area contributed by atoms with Crippen LogP contribution in [0, 0.1) is 0 Å². The van der Waals surface area contributed by atoms with Crippen LogP contribution in [0.15, 0.2) is 23.5 Å². The van der Waals surface area contributed by atoms with E-state index in [2.05, 4.69) is 49.1 Å². The fraction of sp³-hybridized carbons (Fsp3) is 0.737. The van der Waals surface area contributed by atoms with Gasteiger partial charge in [0.1, 0.15) is 0 Å². The number of nitrogens with zero attached hydrogens (tertiary/aromatic N) is 5. The largest absolute Gasteiger partial charge is 0.357 e. The Morgan fingerprint density at radius 2 is 2.04 bits per heavy atom. The predicted octanol–water partition coefficient (Wildman–Crippen LogP) is 1.44. The molecule has 0 amide bonds. The summed E-state index contributed by atoms with van der Waals surface area (Å²) in [6.45, 7) is 10.2. The van der Waals surface area contributed by atoms with Gasteiger partial charge in [0.2, 0.25) is 5.95 Å². The van der Waals surface area contributed by atoms with Crippen LogP contribution in [-0.4, -0.2) is 84.2 Å². The Labute approximate surface area is 167 Å². The summed E-state index contributed by atoms with van der Waals surface area (Å²) in [6.07, 6.45) is 7.42. The van der Waals surface area contributed by atoms with Gasteiger partial charge in [0, 0.05) is 56.9 Å². The third-order valence-electron chi connectivity index (χ3n) is 4.97. The van der Waals surface area contributed by atoms with Crippen LogP contribution < -0.4 is 15.5 Å². The van der Waals surface area contributed by atoms with Crippen LogP contribution >= 0.6 is 11.8 Å². The summed E-state index contributed by atoms with van der Waals surface area (Å²) in [6, 6.07) is 1.87. The van der Waals surface area contributed by atoms with Gasteiger partial charge in [0.15, 0.2) is 5.96 Å². The Hall–Kier alpha value is -1.54. The first-order valence-corrected chi connectivity index (χ1v) is 11.3. The summed E-state index contributed by atoms with van der Waals surface area (Å²) in [4.78, 5) is 18.3. The van der Waals surface area contributed by atoms with Crippen molar-refractivity contribution < 1.29 is 0 Å². The number of aromatic nitrogens is 2. The Morgan fingerprint density at radius 1 is 1.22 bits per heavy atom. The highest BCUT2D eigenvalue weighted by Gasteiger charge is 2.18. The van der Waals surface area contributed by atoms with Gasteiger partial charge in [0.05, 0.1) is 6.54 Å². The van der Waals surface area contributed by atoms with Gasteiger partial charge in [-0.2, -0.15) is 11.8 Å². The van der Waals surface area contributed by atoms with E-state index in [9.17, 15) is 0 Å². The molecule has 0 saturated carbocycles. The fourth-order valence-electron chi connectivity index (χ4n) is 3.46. The standard InChI is InChI=1S/C19H33N7S/c1-2-20-18(24-16-17-6-3-15-27-17)21-9-5-10-25-11-13-26(14-12-25)19-22-7-4-8-23-19/h4,7-8,17H,2-3,5-6,9-16H2,1H3,(H2,20,21,24). The summed E-state index contributed by atoms with van der Waals surface area (Å²) >= 11 is 2.07. The number of piperazine rings is 1. The Kier molecular flexibility index (Phi) is 8.48. The molecule has 150 valence electrons. The number of hydrogen-bond donors (Lipinski definition) is 2. The van der Waals surface area contributed by atoms with Crippen molar-refractivity contribution in [3.05, 3.63) is 18.5 Å². The van der Waals surface area contributed by atoms with Crippen LogP contribution in [0.5, 0.6) is 0 Å². The molecule has 2 fully saturated rings. The van der Waals surface area contributed by atoms with Crippen molar-refractivity contribution in [2.45, 2.75) is 31.4 Å². The van der Waals surface area contributed by atoms with E-state index < -0.39 is 0 Å². The maximum atomic E-state index is 4.76. The molecule has 0 radical (unpaired) electrons. The van der Waals surface area contributed by atoms with Crippen LogP contribution in [0.4, 0.5) is 5.95 Å². The quantitative estimate of drug-likeness (QED) is 0.395. The molecule has 1 aromatic heterocycles. The molecule has 1 aromatic rings. The first kappa shape index (κ1) is 20.2. The minimum atomic E-state index is 0.713. The molecule has 3 rings (SSSR count). The van der Waals surface area contributed by atoms with E-state index in [4.69, 9.17) is 4.99 Å². The normalized spacial score (nSPS) is 21.4. The second-order valence-electron chi connectivity index (χ2n) is 7.01. The van der Waals surface area contributed by atoms with E-state index in [-0.39, 0.29) is 0 Å². The van der Waals surface area contributed by atoms with Crippen molar-refractivity contribution in [1.29, 1.82) is 0 Å². The van der Waals surface area contributed by atoms with Gasteiger partial charge in [-0.15, -0.1) is 0 Å². The number of rotatable bonds is 8. The van der Waals surface area contributed by atoms with Crippen LogP contribution in [0.1, 0.15) is 26.2 Å². The zero-order valence-corrected chi connectivity index (χ0v) is 17.3. The monoisotopic (exact) mass is 391 g/mol. The average Bonchev–Trinajstić information content (AvgIpc) is 3.24. The lowest BCUT2D eigenvalue weighted by atomic mass is 10.2. The average molecular weight is 392 g/mol. The van der Waals surface area contributed by atoms with Crippen molar-refractivity contribution >= 4 is 23.7 Å². The van der Waals surface area contributed by atoms with Crippen molar-refractivity contribution in [1.82, 2.24) is 25.5 Å². The lowest BCUT2D eigenvalue weighted by Gasteiger charge is -2.34. The maximum absolute atomic E-state index is 4.76. The molecule has 2 aliphatic rings. The Balaban J connectivity index is 1.31. The zero-order valence-electron chi connectivity index (χ0n) is 16.4. The second-order valence-corrected chi connectivity index (χ2v) is 8.42. The number of guanidine groups is 1. The summed E-state index contributed by atoms with van der Waals surface area (Å²) in [5.41, 5.74) is 0. The molecule has 0 bridgehead atoms. The van der Waals surface area contributed by atoms with Crippen LogP contribution in [0.25, 0.3) is 0 Å². The third-order valence-corrected chi connectivity index (χ3v) is 6.35. The molecule has 0 spiro atoms. The topological polar surface area (TPSA) is 68.7 Å². The van der Waals surface area contributed by atoms with E-state index in [1.54, 1.807) is 0 Å². The van der Waals surface area contributed by atoms with Crippen molar-refractivity contribution in [3.8, 4) is 0 Å². The maximum Gasteiger partial charge on any atom is 0.225 e. The first-order chi connectivity index (χ1) is 13.3. The van der Waals surface area contributed by atoms with Gasteiger partial charge < -0.3 is 15.5 Å². The minimum absolute atomic E-state index is 0.713. The highest BCUT2D eigenvalue weighted by Crippen LogP contribution is 2.25. The van der Waals surface area contributed by atoms with Crippen molar-refractivity contribution in [2.75, 3.05) is 63.0 Å². The first-order valence-electron chi connectivity index (χ1n) is 10.2. The number of thioether (sulfide) groups is 1. The van der Waals surface area contributed by atoms with E-state index in [0.717, 1.165) is 70.7 Å². The molecule has 2 aliphatic heterocycles. The molecule has 1 unspecified atom stereocenters. The molecular weight excluding hydrogens is 358 g/mol. The predicted molar refractivity (Wildman–Crippen MR) is 115 cm³/mol. The van der Waals surface area contributed by atoms with Crippen LogP contribution in [-0.2, 0) is 0 Å². The Bertz CT molecular complexity index is 554. The number of anilines is 1. The molecule has 2 N–H and O–H groups in total. The lowest BCUT2D eigenvalue weighted by molar-refractivity contribution is 0.254. The van der Waals surface area contributed by atoms with E-state index in [1.807, 2.05) is 18.5 Å². The van der Waals surface area contributed by atoms with Gasteiger partial charge in [-0.1, -0.05) is 0 Å². The molecule has 0 aromatic carbocycles. The van der Waals surface area contributed by atoms with Crippen LogP contribution in [0.3, 0.4) is 0 Å². The fourth-order valence-corrected chi connectivity index (χ4v) is 4.64. The van der Waals surface area contributed by atoms with E-state index >= 15 is 0 Å². The second kappa shape index (κ2) is 11.3. The zero-order chi connectivity index (χ0) is 18.7. The Morgan fingerprint density at radius 3 is 2.74 bits per heavy atom. The number of nitrogens with one attached hydrogen (secondary N) is 2. The summed E-state index contributed by atoms with van der Waals surface area (Å²) in [5.74, 6) is 3.12. The van der Waals surface area contributed by atoms with Gasteiger partial charge in [0.25, 0.3) is 0 Å². The van der Waals surface area contributed by atoms with Gasteiger partial charge in [-0.3, -0.25) is 9.89 Å². The molecule has 7 nitrogen and oxygen atoms in total. The molecular formula is C19H33N7S. The minimum Gasteiger partial charge on any atom is -0.357 e. The SMILES string of the molecule is CCNC(=NCC1CCCS1)NCCCN1CCN(c2ncccn2)CC1. The summed E-state index contributed by atoms with van der Waals surface area (Å²) < 4.78 is 0. The molecule has 0 aliphatic carbocycles. The highest BCUT2D eigenvalue weighted by molar-refractivity contribution is 8.00. The lowest BCUT2D eigenvalue weighted by Crippen LogP contribution is -2.47.